The van der Waals surface area contributed by atoms with Crippen LogP contribution in [0.2, 0.25) is 5.02 Å². The fraction of sp³-hybridized carbons (Fsp3) is 0.133. The Morgan fingerprint density at radius 1 is 1.29 bits per heavy atom. The van der Waals surface area contributed by atoms with Crippen LogP contribution in [0.4, 0.5) is 4.39 Å². The van der Waals surface area contributed by atoms with Gasteiger partial charge in [0.15, 0.2) is 5.75 Å². The highest BCUT2D eigenvalue weighted by atomic mass is 35.5. The van der Waals surface area contributed by atoms with Crippen molar-refractivity contribution in [1.29, 1.82) is 0 Å². The summed E-state index contributed by atoms with van der Waals surface area (Å²) in [5.41, 5.74) is -1.10. The van der Waals surface area contributed by atoms with Gasteiger partial charge in [-0.05, 0) is 13.0 Å². The third kappa shape index (κ3) is 2.71. The van der Waals surface area contributed by atoms with Crippen LogP contribution < -0.4 is 16.0 Å². The summed E-state index contributed by atoms with van der Waals surface area (Å²) in [6.45, 7) is 1.61. The van der Waals surface area contributed by atoms with Gasteiger partial charge in [0.1, 0.15) is 11.6 Å². The van der Waals surface area contributed by atoms with Crippen LogP contribution in [0.25, 0.3) is 5.69 Å². The molecule has 0 aliphatic heterocycles. The van der Waals surface area contributed by atoms with Crippen LogP contribution in [0, 0.1) is 12.7 Å². The third-order valence-corrected chi connectivity index (χ3v) is 3.80. The lowest BCUT2D eigenvalue weighted by molar-refractivity contribution is 0.480. The number of hydrogen-bond donors (Lipinski definition) is 1. The summed E-state index contributed by atoms with van der Waals surface area (Å²) in [6, 6.07) is 3.42. The van der Waals surface area contributed by atoms with Crippen LogP contribution in [0.15, 0.2) is 40.2 Å². The van der Waals surface area contributed by atoms with Gasteiger partial charge in [-0.25, -0.2) is 13.8 Å². The monoisotopic (exact) mass is 350 g/mol. The van der Waals surface area contributed by atoms with Crippen LogP contribution in [0.3, 0.4) is 0 Å². The smallest absolute Gasteiger partial charge is 0.335 e. The molecule has 0 atom stereocenters. The van der Waals surface area contributed by atoms with Crippen molar-refractivity contribution >= 4 is 11.6 Å². The van der Waals surface area contributed by atoms with Crippen LogP contribution in [0.1, 0.15) is 5.69 Å². The number of nitrogens with zero attached hydrogens (tertiary/aromatic N) is 3. The Hall–Kier alpha value is -2.87. The Kier molecular flexibility index (Phi) is 3.98. The average molecular weight is 351 g/mol. The molecule has 7 nitrogen and oxygen atoms in total. The number of halogens is 2. The molecule has 124 valence electrons. The Balaban J connectivity index is 2.21. The zero-order valence-corrected chi connectivity index (χ0v) is 13.5. The summed E-state index contributed by atoms with van der Waals surface area (Å²) in [5, 5.41) is 6.27. The van der Waals surface area contributed by atoms with E-state index in [4.69, 9.17) is 16.3 Å². The number of hydrogen-bond acceptors (Lipinski definition) is 4. The topological polar surface area (TPSA) is 81.9 Å². The molecule has 0 saturated heterocycles. The number of aromatic nitrogens is 4. The number of nitrogens with one attached hydrogen (secondary N) is 1. The van der Waals surface area contributed by atoms with Gasteiger partial charge in [0.25, 0.3) is 5.56 Å². The zero-order valence-electron chi connectivity index (χ0n) is 12.7. The number of aromatic amines is 1. The van der Waals surface area contributed by atoms with Gasteiger partial charge in [-0.3, -0.25) is 9.89 Å². The molecule has 0 unspecified atom stereocenters. The Morgan fingerprint density at radius 3 is 2.71 bits per heavy atom. The molecule has 0 radical (unpaired) electrons. The summed E-state index contributed by atoms with van der Waals surface area (Å²) in [7, 11) is 1.49. The first-order valence-corrected chi connectivity index (χ1v) is 7.22. The lowest BCUT2D eigenvalue weighted by Gasteiger charge is -2.12. The van der Waals surface area contributed by atoms with Crippen LogP contribution >= 0.6 is 11.6 Å². The first-order chi connectivity index (χ1) is 11.4. The van der Waals surface area contributed by atoms with E-state index in [1.807, 2.05) is 0 Å². The number of rotatable bonds is 3. The molecule has 1 aromatic carbocycles. The van der Waals surface area contributed by atoms with Crippen molar-refractivity contribution in [2.24, 2.45) is 7.05 Å². The van der Waals surface area contributed by atoms with Crippen LogP contribution in [-0.4, -0.2) is 19.3 Å². The van der Waals surface area contributed by atoms with Crippen molar-refractivity contribution in [2.75, 3.05) is 0 Å². The van der Waals surface area contributed by atoms with E-state index in [9.17, 15) is 14.0 Å². The predicted octanol–water partition coefficient (Wildman–Crippen LogP) is 2.15. The van der Waals surface area contributed by atoms with Gasteiger partial charge in [0, 0.05) is 24.9 Å². The number of benzene rings is 1. The quantitative estimate of drug-likeness (QED) is 0.784. The van der Waals surface area contributed by atoms with Crippen molar-refractivity contribution in [3.05, 3.63) is 68.0 Å². The maximum absolute atomic E-state index is 14.3. The maximum atomic E-state index is 14.3. The van der Waals surface area contributed by atoms with Crippen LogP contribution in [-0.2, 0) is 7.05 Å². The average Bonchev–Trinajstić information content (AvgIpc) is 3.02. The van der Waals surface area contributed by atoms with E-state index in [-0.39, 0.29) is 16.5 Å². The second-order valence-corrected chi connectivity index (χ2v) is 5.48. The highest BCUT2D eigenvalue weighted by molar-refractivity contribution is 6.32. The predicted molar refractivity (Wildman–Crippen MR) is 85.6 cm³/mol. The van der Waals surface area contributed by atoms with Crippen molar-refractivity contribution in [3.63, 3.8) is 0 Å². The third-order valence-electron chi connectivity index (χ3n) is 3.50. The number of H-pyrrole nitrogens is 1. The highest BCUT2D eigenvalue weighted by Crippen LogP contribution is 2.32. The Morgan fingerprint density at radius 2 is 2.04 bits per heavy atom. The van der Waals surface area contributed by atoms with Gasteiger partial charge in [-0.2, -0.15) is 5.10 Å². The second-order valence-electron chi connectivity index (χ2n) is 5.07. The van der Waals surface area contributed by atoms with Crippen LogP contribution in [0.5, 0.6) is 11.5 Å². The molecule has 1 N–H and O–H groups in total. The van der Waals surface area contributed by atoms with E-state index < -0.39 is 17.1 Å². The molecule has 0 amide bonds. The molecule has 0 aliphatic carbocycles. The van der Waals surface area contributed by atoms with Gasteiger partial charge >= 0.3 is 5.69 Å². The summed E-state index contributed by atoms with van der Waals surface area (Å²) in [4.78, 5) is 24.5. The number of ether oxygens (including phenoxy) is 1. The molecule has 2 aromatic heterocycles. The van der Waals surface area contributed by atoms with E-state index in [2.05, 4.69) is 10.2 Å². The molecule has 0 saturated carbocycles. The first-order valence-electron chi connectivity index (χ1n) is 6.84. The molecule has 2 heterocycles. The molecule has 3 rings (SSSR count). The maximum Gasteiger partial charge on any atom is 0.335 e. The van der Waals surface area contributed by atoms with Crippen molar-refractivity contribution in [1.82, 2.24) is 19.3 Å². The minimum Gasteiger partial charge on any atom is -0.452 e. The lowest BCUT2D eigenvalue weighted by atomic mass is 10.2. The normalized spacial score (nSPS) is 10.8. The summed E-state index contributed by atoms with van der Waals surface area (Å²) >= 11 is 5.98. The van der Waals surface area contributed by atoms with Gasteiger partial charge in [0.05, 0.1) is 23.1 Å². The Labute approximate surface area is 139 Å². The highest BCUT2D eigenvalue weighted by Gasteiger charge is 2.17. The van der Waals surface area contributed by atoms with Gasteiger partial charge in [-0.15, -0.1) is 0 Å². The van der Waals surface area contributed by atoms with Gasteiger partial charge in [0.2, 0.25) is 0 Å². The number of aryl methyl sites for hydroxylation is 1. The molecule has 9 heteroatoms. The summed E-state index contributed by atoms with van der Waals surface area (Å²) in [6.07, 6.45) is 2.87. The molecule has 0 bridgehead atoms. The standard InChI is InChI=1S/C15H12ClFN4O3/c1-8-3-14(22)21(15(23)20(8)2)12-5-13(10(16)4-11(12)17)24-9-6-18-19-7-9/h3-7H,1-2H3,(H,18,19). The lowest BCUT2D eigenvalue weighted by Crippen LogP contribution is -2.38. The largest absolute Gasteiger partial charge is 0.452 e. The summed E-state index contributed by atoms with van der Waals surface area (Å²) < 4.78 is 21.8. The fourth-order valence-corrected chi connectivity index (χ4v) is 2.34. The van der Waals surface area contributed by atoms with Crippen molar-refractivity contribution < 1.29 is 9.13 Å². The molecule has 0 spiro atoms. The molecular weight excluding hydrogens is 339 g/mol. The van der Waals surface area contributed by atoms with E-state index in [0.717, 1.165) is 10.6 Å². The Bertz CT molecular complexity index is 1020. The van der Waals surface area contributed by atoms with E-state index in [1.54, 1.807) is 6.92 Å². The molecule has 24 heavy (non-hydrogen) atoms. The molecule has 0 aliphatic rings. The molecule has 0 fully saturated rings. The van der Waals surface area contributed by atoms with E-state index >= 15 is 0 Å². The fourth-order valence-electron chi connectivity index (χ4n) is 2.15. The van der Waals surface area contributed by atoms with Gasteiger partial charge in [-0.1, -0.05) is 11.6 Å². The van der Waals surface area contributed by atoms with Crippen molar-refractivity contribution in [3.8, 4) is 17.2 Å². The SMILES string of the molecule is Cc1cc(=O)n(-c2cc(Oc3cn[nH]c3)c(Cl)cc2F)c(=O)n1C. The molecular formula is C15H12ClFN4O3. The van der Waals surface area contributed by atoms with E-state index in [0.29, 0.717) is 11.4 Å². The summed E-state index contributed by atoms with van der Waals surface area (Å²) in [5.74, 6) is -0.384. The minimum absolute atomic E-state index is 0.00515. The molecule has 3 aromatic rings. The van der Waals surface area contributed by atoms with Gasteiger partial charge < -0.3 is 9.30 Å². The first kappa shape index (κ1) is 16.0. The van der Waals surface area contributed by atoms with E-state index in [1.165, 1.54) is 36.1 Å². The second kappa shape index (κ2) is 5.97. The minimum atomic E-state index is -0.817. The van der Waals surface area contributed by atoms with Crippen molar-refractivity contribution in [2.45, 2.75) is 6.92 Å². The zero-order chi connectivity index (χ0) is 17.4.